The third-order valence-corrected chi connectivity index (χ3v) is 6.19. The van der Waals surface area contributed by atoms with Crippen LogP contribution >= 0.6 is 35.6 Å². The molecule has 30 heavy (non-hydrogen) atoms. The van der Waals surface area contributed by atoms with Crippen LogP contribution in [0.25, 0.3) is 0 Å². The van der Waals surface area contributed by atoms with Gasteiger partial charge in [-0.25, -0.2) is 4.99 Å². The first-order valence-corrected chi connectivity index (χ1v) is 10.9. The number of rotatable bonds is 5. The highest BCUT2D eigenvalue weighted by Gasteiger charge is 2.25. The molecule has 1 aromatic heterocycles. The van der Waals surface area contributed by atoms with Crippen molar-refractivity contribution in [3.05, 3.63) is 40.9 Å². The second-order valence-electron chi connectivity index (χ2n) is 8.07. The summed E-state index contributed by atoms with van der Waals surface area (Å²) >= 11 is 6.17. The topological polar surface area (TPSA) is 70.4 Å². The normalized spacial score (nSPS) is 19.8. The maximum Gasteiger partial charge on any atom is 0.192 e. The van der Waals surface area contributed by atoms with Gasteiger partial charge in [-0.2, -0.15) is 0 Å². The number of hydrogen-bond donors (Lipinski definition) is 2. The fourth-order valence-electron chi connectivity index (χ4n) is 4.11. The summed E-state index contributed by atoms with van der Waals surface area (Å²) in [7, 11) is 1.98. The van der Waals surface area contributed by atoms with E-state index in [1.165, 1.54) is 31.4 Å². The summed E-state index contributed by atoms with van der Waals surface area (Å²) in [6.07, 6.45) is 6.08. The van der Waals surface area contributed by atoms with Gasteiger partial charge in [0.05, 0.1) is 0 Å². The van der Waals surface area contributed by atoms with E-state index in [4.69, 9.17) is 16.6 Å². The van der Waals surface area contributed by atoms with Crippen LogP contribution in [-0.4, -0.2) is 45.9 Å². The molecule has 2 aliphatic rings. The number of aromatic nitrogens is 3. The largest absolute Gasteiger partial charge is 0.369 e. The van der Waals surface area contributed by atoms with E-state index in [-0.39, 0.29) is 24.0 Å². The van der Waals surface area contributed by atoms with Gasteiger partial charge in [0.25, 0.3) is 0 Å². The number of guanidine groups is 1. The molecule has 2 heterocycles. The van der Waals surface area contributed by atoms with Crippen LogP contribution in [0.2, 0.25) is 5.02 Å². The zero-order valence-electron chi connectivity index (χ0n) is 17.6. The van der Waals surface area contributed by atoms with Gasteiger partial charge < -0.3 is 20.1 Å². The highest BCUT2D eigenvalue weighted by atomic mass is 127. The van der Waals surface area contributed by atoms with E-state index in [1.54, 1.807) is 0 Å². The molecule has 7 nitrogen and oxygen atoms in total. The number of nitrogens with one attached hydrogen (secondary N) is 2. The molecule has 0 amide bonds. The average molecular weight is 544 g/mol. The van der Waals surface area contributed by atoms with E-state index in [0.717, 1.165) is 42.1 Å². The molecule has 1 aromatic carbocycles. The Morgan fingerprint density at radius 1 is 1.17 bits per heavy atom. The maximum absolute atomic E-state index is 6.17. The van der Waals surface area contributed by atoms with Gasteiger partial charge in [0.1, 0.15) is 12.4 Å². The van der Waals surface area contributed by atoms with Crippen LogP contribution in [-0.2, 0) is 13.6 Å². The Labute approximate surface area is 200 Å². The van der Waals surface area contributed by atoms with Crippen molar-refractivity contribution in [3.8, 4) is 0 Å². The Kier molecular flexibility index (Phi) is 8.21. The number of benzene rings is 1. The molecule has 2 fully saturated rings. The standard InChI is InChI=1S/C21H30ClN7.HI/c1-15-26-27-20(28(15)2)13-23-21(24-17-7-3-4-8-17)25-18-10-11-29(14-18)19-9-5-6-16(22)12-19;/h5-6,9,12,17-18H,3-4,7-8,10-11,13-14H2,1-2H3,(H2,23,24,25);1H. The monoisotopic (exact) mass is 543 g/mol. The van der Waals surface area contributed by atoms with Crippen LogP contribution in [0.1, 0.15) is 43.8 Å². The molecular formula is C21H31ClIN7. The zero-order chi connectivity index (χ0) is 20.2. The van der Waals surface area contributed by atoms with Crippen molar-refractivity contribution in [2.24, 2.45) is 12.0 Å². The van der Waals surface area contributed by atoms with Crippen molar-refractivity contribution < 1.29 is 0 Å². The van der Waals surface area contributed by atoms with Crippen LogP contribution in [0.4, 0.5) is 5.69 Å². The number of aliphatic imine (C=N–C) groups is 1. The lowest BCUT2D eigenvalue weighted by Crippen LogP contribution is -2.47. The zero-order valence-corrected chi connectivity index (χ0v) is 20.7. The molecule has 1 saturated carbocycles. The third-order valence-electron chi connectivity index (χ3n) is 5.96. The molecule has 1 aliphatic heterocycles. The minimum absolute atomic E-state index is 0. The first kappa shape index (κ1) is 23.1. The highest BCUT2D eigenvalue weighted by Crippen LogP contribution is 2.23. The Balaban J connectivity index is 0.00000256. The van der Waals surface area contributed by atoms with Crippen molar-refractivity contribution in [1.29, 1.82) is 0 Å². The molecule has 1 atom stereocenters. The van der Waals surface area contributed by atoms with Gasteiger partial charge in [0.2, 0.25) is 0 Å². The van der Waals surface area contributed by atoms with Gasteiger partial charge in [0.15, 0.2) is 11.8 Å². The molecule has 9 heteroatoms. The first-order chi connectivity index (χ1) is 14.1. The van der Waals surface area contributed by atoms with Crippen molar-refractivity contribution in [1.82, 2.24) is 25.4 Å². The average Bonchev–Trinajstić information content (AvgIpc) is 3.44. The van der Waals surface area contributed by atoms with E-state index in [0.29, 0.717) is 18.6 Å². The van der Waals surface area contributed by atoms with Crippen LogP contribution in [0, 0.1) is 6.92 Å². The van der Waals surface area contributed by atoms with Crippen LogP contribution in [0.15, 0.2) is 29.3 Å². The van der Waals surface area contributed by atoms with Gasteiger partial charge in [-0.1, -0.05) is 30.5 Å². The number of hydrogen-bond acceptors (Lipinski definition) is 4. The lowest BCUT2D eigenvalue weighted by atomic mass is 10.2. The van der Waals surface area contributed by atoms with Gasteiger partial charge in [-0.05, 0) is 44.4 Å². The molecule has 1 saturated heterocycles. The first-order valence-electron chi connectivity index (χ1n) is 10.5. The van der Waals surface area contributed by atoms with Crippen molar-refractivity contribution in [3.63, 3.8) is 0 Å². The van der Waals surface area contributed by atoms with E-state index >= 15 is 0 Å². The Morgan fingerprint density at radius 2 is 1.93 bits per heavy atom. The summed E-state index contributed by atoms with van der Waals surface area (Å²) in [5, 5.41) is 16.5. The predicted molar refractivity (Wildman–Crippen MR) is 133 cm³/mol. The fraction of sp³-hybridized carbons (Fsp3) is 0.571. The molecule has 2 aromatic rings. The molecule has 164 valence electrons. The van der Waals surface area contributed by atoms with Gasteiger partial charge >= 0.3 is 0 Å². The molecule has 4 rings (SSSR count). The molecule has 2 N–H and O–H groups in total. The number of aryl methyl sites for hydroxylation is 1. The van der Waals surface area contributed by atoms with E-state index in [9.17, 15) is 0 Å². The number of nitrogens with zero attached hydrogens (tertiary/aromatic N) is 5. The Hall–Kier alpha value is -1.55. The highest BCUT2D eigenvalue weighted by molar-refractivity contribution is 14.0. The van der Waals surface area contributed by atoms with Crippen molar-refractivity contribution in [2.45, 2.75) is 57.7 Å². The second-order valence-corrected chi connectivity index (χ2v) is 8.51. The van der Waals surface area contributed by atoms with E-state index in [2.05, 4.69) is 31.8 Å². The van der Waals surface area contributed by atoms with Crippen molar-refractivity contribution >= 4 is 47.2 Å². The van der Waals surface area contributed by atoms with Crippen LogP contribution < -0.4 is 15.5 Å². The van der Waals surface area contributed by atoms with E-state index in [1.807, 2.05) is 36.7 Å². The van der Waals surface area contributed by atoms with Gasteiger partial charge in [0, 0.05) is 42.9 Å². The summed E-state index contributed by atoms with van der Waals surface area (Å²) in [6.45, 7) is 4.43. The number of anilines is 1. The minimum Gasteiger partial charge on any atom is -0.369 e. The Morgan fingerprint density at radius 3 is 2.63 bits per heavy atom. The fourth-order valence-corrected chi connectivity index (χ4v) is 4.30. The maximum atomic E-state index is 6.17. The lowest BCUT2D eigenvalue weighted by Gasteiger charge is -2.22. The lowest BCUT2D eigenvalue weighted by molar-refractivity contribution is 0.584. The molecule has 0 spiro atoms. The van der Waals surface area contributed by atoms with Gasteiger partial charge in [-0.3, -0.25) is 0 Å². The molecule has 0 bridgehead atoms. The summed E-state index contributed by atoms with van der Waals surface area (Å²) in [6, 6.07) is 8.94. The van der Waals surface area contributed by atoms with E-state index < -0.39 is 0 Å². The summed E-state index contributed by atoms with van der Waals surface area (Å²) in [4.78, 5) is 7.22. The Bertz CT molecular complexity index is 863. The number of halogens is 2. The minimum atomic E-state index is 0. The third kappa shape index (κ3) is 5.78. The molecule has 1 unspecified atom stereocenters. The molecule has 1 aliphatic carbocycles. The van der Waals surface area contributed by atoms with Crippen LogP contribution in [0.5, 0.6) is 0 Å². The summed E-state index contributed by atoms with van der Waals surface area (Å²) in [5.41, 5.74) is 1.18. The molecule has 0 radical (unpaired) electrons. The SMILES string of the molecule is Cc1nnc(CN=C(NC2CCCC2)NC2CCN(c3cccc(Cl)c3)C2)n1C.I. The van der Waals surface area contributed by atoms with Gasteiger partial charge in [-0.15, -0.1) is 34.2 Å². The van der Waals surface area contributed by atoms with Crippen molar-refractivity contribution in [2.75, 3.05) is 18.0 Å². The smallest absolute Gasteiger partial charge is 0.192 e. The van der Waals surface area contributed by atoms with Crippen LogP contribution in [0.3, 0.4) is 0 Å². The second kappa shape index (κ2) is 10.7. The molecular weight excluding hydrogens is 513 g/mol. The predicted octanol–water partition coefficient (Wildman–Crippen LogP) is 3.65. The summed E-state index contributed by atoms with van der Waals surface area (Å²) in [5.74, 6) is 2.67. The summed E-state index contributed by atoms with van der Waals surface area (Å²) < 4.78 is 1.99. The quantitative estimate of drug-likeness (QED) is 0.342.